The smallest absolute Gasteiger partial charge is 0.238 e. The number of aliphatic hydroxyl groups is 1. The van der Waals surface area contributed by atoms with E-state index < -0.39 is 16.3 Å². The van der Waals surface area contributed by atoms with Crippen LogP contribution in [0.5, 0.6) is 0 Å². The van der Waals surface area contributed by atoms with E-state index in [1.165, 1.54) is 18.2 Å². The van der Waals surface area contributed by atoms with Gasteiger partial charge in [-0.25, -0.2) is 17.9 Å². The second-order valence-corrected chi connectivity index (χ2v) is 10.6. The van der Waals surface area contributed by atoms with Crippen LogP contribution in [-0.2, 0) is 27.9 Å². The highest BCUT2D eigenvalue weighted by Crippen LogP contribution is 2.34. The van der Waals surface area contributed by atoms with Gasteiger partial charge < -0.3 is 10.4 Å². The first-order chi connectivity index (χ1) is 17.2. The van der Waals surface area contributed by atoms with Gasteiger partial charge in [-0.1, -0.05) is 61.0 Å². The molecule has 0 radical (unpaired) electrons. The molecule has 5 N–H and O–H groups in total. The predicted octanol–water partition coefficient (Wildman–Crippen LogP) is 3.28. The minimum atomic E-state index is -3.85. The second kappa shape index (κ2) is 11.3. The minimum absolute atomic E-state index is 0.0641. The summed E-state index contributed by atoms with van der Waals surface area (Å²) in [6.07, 6.45) is 1.41. The molecule has 7 nitrogen and oxygen atoms in total. The van der Waals surface area contributed by atoms with Gasteiger partial charge in [0, 0.05) is 30.5 Å². The first-order valence-corrected chi connectivity index (χ1v) is 13.4. The van der Waals surface area contributed by atoms with Crippen LogP contribution in [0.2, 0.25) is 0 Å². The summed E-state index contributed by atoms with van der Waals surface area (Å²) in [6.45, 7) is 0.622. The van der Waals surface area contributed by atoms with Gasteiger partial charge in [-0.2, -0.15) is 0 Å². The summed E-state index contributed by atoms with van der Waals surface area (Å²) in [6, 6.07) is 20.0. The number of hydrogen-bond acceptors (Lipinski definition) is 5. The molecule has 2 unspecified atom stereocenters. The molecule has 9 heteroatoms. The average molecular weight is 512 g/mol. The SMILES string of the molecule is NS(=O)(=O)c1ccccc1-c1ccc(CN[C@@H](O)C2CCCC2C(=O)NCc2cccc(F)c2)cc1. The molecule has 36 heavy (non-hydrogen) atoms. The van der Waals surface area contributed by atoms with Gasteiger partial charge >= 0.3 is 0 Å². The Bertz CT molecular complexity index is 1310. The fourth-order valence-electron chi connectivity index (χ4n) is 4.79. The Balaban J connectivity index is 1.34. The summed E-state index contributed by atoms with van der Waals surface area (Å²) < 4.78 is 37.2. The lowest BCUT2D eigenvalue weighted by Gasteiger charge is -2.25. The van der Waals surface area contributed by atoms with Crippen LogP contribution in [0.1, 0.15) is 30.4 Å². The standard InChI is InChI=1S/C27H30FN3O4S/c28-21-6-3-5-19(15-21)17-31-27(33)24-9-4-8-23(24)26(32)30-16-18-11-13-20(14-12-18)22-7-1-2-10-25(22)36(29,34)35/h1-3,5-7,10-15,23-24,26,30,32H,4,8-9,16-17H2,(H,31,33)(H2,29,34,35)/t23?,24?,26-/m0/s1. The van der Waals surface area contributed by atoms with Gasteiger partial charge in [-0.15, -0.1) is 0 Å². The fraction of sp³-hybridized carbons (Fsp3) is 0.296. The summed E-state index contributed by atoms with van der Waals surface area (Å²) in [5, 5.41) is 22.1. The van der Waals surface area contributed by atoms with E-state index in [-0.39, 0.29) is 35.0 Å². The summed E-state index contributed by atoms with van der Waals surface area (Å²) in [4.78, 5) is 12.8. The van der Waals surface area contributed by atoms with Crippen LogP contribution in [0, 0.1) is 17.7 Å². The van der Waals surface area contributed by atoms with E-state index in [2.05, 4.69) is 10.6 Å². The first-order valence-electron chi connectivity index (χ1n) is 11.9. The molecule has 0 saturated heterocycles. The average Bonchev–Trinajstić information content (AvgIpc) is 3.36. The second-order valence-electron chi connectivity index (χ2n) is 9.11. The number of carbonyl (C=O) groups excluding carboxylic acids is 1. The third-order valence-corrected chi connectivity index (χ3v) is 7.61. The molecular formula is C27H30FN3O4S. The van der Waals surface area contributed by atoms with E-state index in [0.717, 1.165) is 24.0 Å². The van der Waals surface area contributed by atoms with E-state index in [4.69, 9.17) is 5.14 Å². The zero-order valence-electron chi connectivity index (χ0n) is 19.7. The number of nitrogens with one attached hydrogen (secondary N) is 2. The van der Waals surface area contributed by atoms with Crippen molar-refractivity contribution in [2.24, 2.45) is 17.0 Å². The van der Waals surface area contributed by atoms with Crippen molar-refractivity contribution in [3.8, 4) is 11.1 Å². The first kappa shape index (κ1) is 26.0. The van der Waals surface area contributed by atoms with Gasteiger partial charge in [0.1, 0.15) is 12.0 Å². The Labute approximate surface area is 210 Å². The van der Waals surface area contributed by atoms with E-state index >= 15 is 0 Å². The van der Waals surface area contributed by atoms with Crippen LogP contribution >= 0.6 is 0 Å². The Kier molecular flexibility index (Phi) is 8.15. The molecule has 1 amide bonds. The van der Waals surface area contributed by atoms with Gasteiger partial charge in [0.05, 0.1) is 4.90 Å². The van der Waals surface area contributed by atoms with Gasteiger partial charge in [0.2, 0.25) is 15.9 Å². The number of primary sulfonamides is 1. The van der Waals surface area contributed by atoms with Crippen LogP contribution in [0.3, 0.4) is 0 Å². The molecule has 1 aliphatic rings. The zero-order chi connectivity index (χ0) is 25.7. The molecule has 3 aromatic carbocycles. The maximum Gasteiger partial charge on any atom is 0.238 e. The molecule has 190 valence electrons. The van der Waals surface area contributed by atoms with Crippen molar-refractivity contribution in [2.45, 2.75) is 43.5 Å². The van der Waals surface area contributed by atoms with Crippen molar-refractivity contribution in [2.75, 3.05) is 0 Å². The van der Waals surface area contributed by atoms with Gasteiger partial charge in [0.15, 0.2) is 0 Å². The fourth-order valence-corrected chi connectivity index (χ4v) is 5.55. The topological polar surface area (TPSA) is 122 Å². The van der Waals surface area contributed by atoms with Crippen LogP contribution < -0.4 is 15.8 Å². The molecule has 1 saturated carbocycles. The van der Waals surface area contributed by atoms with Crippen LogP contribution in [0.15, 0.2) is 77.7 Å². The van der Waals surface area contributed by atoms with Crippen LogP contribution in [0.25, 0.3) is 11.1 Å². The number of benzene rings is 3. The number of aliphatic hydroxyl groups excluding tert-OH is 1. The van der Waals surface area contributed by atoms with E-state index in [1.54, 1.807) is 30.3 Å². The molecular weight excluding hydrogens is 481 g/mol. The largest absolute Gasteiger partial charge is 0.378 e. The van der Waals surface area contributed by atoms with Gasteiger partial charge in [-0.3, -0.25) is 10.1 Å². The number of amides is 1. The number of sulfonamides is 1. The number of carbonyl (C=O) groups is 1. The van der Waals surface area contributed by atoms with Gasteiger partial charge in [-0.05, 0) is 47.7 Å². The van der Waals surface area contributed by atoms with Crippen molar-refractivity contribution < 1.29 is 22.7 Å². The lowest BCUT2D eigenvalue weighted by molar-refractivity contribution is -0.128. The Morgan fingerprint density at radius 2 is 1.75 bits per heavy atom. The summed E-state index contributed by atoms with van der Waals surface area (Å²) >= 11 is 0. The van der Waals surface area contributed by atoms with E-state index in [1.807, 2.05) is 24.3 Å². The Morgan fingerprint density at radius 3 is 2.47 bits per heavy atom. The summed E-state index contributed by atoms with van der Waals surface area (Å²) in [7, 11) is -3.85. The third kappa shape index (κ3) is 6.36. The number of nitrogens with two attached hydrogens (primary N) is 1. The van der Waals surface area contributed by atoms with Gasteiger partial charge in [0.25, 0.3) is 0 Å². The lowest BCUT2D eigenvalue weighted by atomic mass is 9.93. The summed E-state index contributed by atoms with van der Waals surface area (Å²) in [5.41, 5.74) is 2.83. The van der Waals surface area contributed by atoms with Crippen LogP contribution in [0.4, 0.5) is 4.39 Å². The van der Waals surface area contributed by atoms with E-state index in [9.17, 15) is 22.7 Å². The lowest BCUT2D eigenvalue weighted by Crippen LogP contribution is -2.42. The molecule has 3 atom stereocenters. The molecule has 0 aromatic heterocycles. The number of halogens is 1. The van der Waals surface area contributed by atoms with Crippen LogP contribution in [-0.4, -0.2) is 25.7 Å². The molecule has 0 bridgehead atoms. The molecule has 1 aliphatic carbocycles. The highest BCUT2D eigenvalue weighted by Gasteiger charge is 2.37. The highest BCUT2D eigenvalue weighted by molar-refractivity contribution is 7.89. The molecule has 0 heterocycles. The molecule has 0 spiro atoms. The van der Waals surface area contributed by atoms with Crippen molar-refractivity contribution in [3.63, 3.8) is 0 Å². The monoisotopic (exact) mass is 511 g/mol. The molecule has 0 aliphatic heterocycles. The van der Waals surface area contributed by atoms with E-state index in [0.29, 0.717) is 24.1 Å². The Hall–Kier alpha value is -3.11. The maximum absolute atomic E-state index is 13.4. The highest BCUT2D eigenvalue weighted by atomic mass is 32.2. The molecule has 1 fully saturated rings. The quantitative estimate of drug-likeness (QED) is 0.329. The molecule has 4 rings (SSSR count). The van der Waals surface area contributed by atoms with Crippen molar-refractivity contribution in [3.05, 3.63) is 89.7 Å². The Morgan fingerprint density at radius 1 is 1.00 bits per heavy atom. The van der Waals surface area contributed by atoms with Crippen molar-refractivity contribution in [1.29, 1.82) is 0 Å². The maximum atomic E-state index is 13.4. The van der Waals surface area contributed by atoms with Crippen molar-refractivity contribution in [1.82, 2.24) is 10.6 Å². The number of hydrogen-bond donors (Lipinski definition) is 4. The normalized spacial score (nSPS) is 18.6. The zero-order valence-corrected chi connectivity index (χ0v) is 20.5. The summed E-state index contributed by atoms with van der Waals surface area (Å²) in [5.74, 6) is -1.03. The predicted molar refractivity (Wildman–Crippen MR) is 135 cm³/mol. The molecule has 3 aromatic rings. The number of rotatable bonds is 9. The minimum Gasteiger partial charge on any atom is -0.378 e. The van der Waals surface area contributed by atoms with Crippen molar-refractivity contribution >= 4 is 15.9 Å². The third-order valence-electron chi connectivity index (χ3n) is 6.64.